The molecular formula is C44H36N7P. The molecule has 8 rings (SSSR count). The van der Waals surface area contributed by atoms with Gasteiger partial charge in [0, 0.05) is 34.1 Å². The van der Waals surface area contributed by atoms with Crippen molar-refractivity contribution in [3.8, 4) is 0 Å². The topological polar surface area (TPSA) is 70.1 Å². The lowest BCUT2D eigenvalue weighted by Gasteiger charge is -2.24. The third-order valence-electron chi connectivity index (χ3n) is 7.85. The molecule has 8 heteroatoms. The number of hydrogen-bond donors (Lipinski definition) is 1. The molecule has 0 fully saturated rings. The molecule has 0 amide bonds. The molecule has 0 aliphatic rings. The summed E-state index contributed by atoms with van der Waals surface area (Å²) in [5.74, 6) is 1.49. The Balaban J connectivity index is 0.000000271. The number of benzene rings is 6. The molecule has 2 aromatic heterocycles. The van der Waals surface area contributed by atoms with Crippen LogP contribution in [0.5, 0.6) is 0 Å². The molecule has 6 aromatic carbocycles. The van der Waals surface area contributed by atoms with Crippen molar-refractivity contribution in [1.29, 1.82) is 0 Å². The maximum Gasteiger partial charge on any atom is 0.156 e. The van der Waals surface area contributed by atoms with Gasteiger partial charge in [-0.25, -0.2) is 9.97 Å². The molecule has 252 valence electrons. The highest BCUT2D eigenvalue weighted by molar-refractivity contribution is 7.54. The van der Waals surface area contributed by atoms with Crippen LogP contribution in [-0.4, -0.2) is 19.9 Å². The van der Waals surface area contributed by atoms with Gasteiger partial charge < -0.3 is 5.32 Å². The normalized spacial score (nSPS) is 10.4. The van der Waals surface area contributed by atoms with E-state index in [-0.39, 0.29) is 8.58 Å². The Morgan fingerprint density at radius 1 is 0.346 bits per heavy atom. The Labute approximate surface area is 306 Å². The summed E-state index contributed by atoms with van der Waals surface area (Å²) in [6.07, 6.45) is 7.19. The SMILES string of the molecule is c1ccc(N(c2ccccc2)c2cncc(Pc3cncc(N(c4ccccc4)c4ccccc4)n3)n2)cc1.c1ccc(Nc2ccccc2)cc1. The second kappa shape index (κ2) is 17.3. The number of rotatable bonds is 10. The van der Waals surface area contributed by atoms with Crippen LogP contribution in [0.1, 0.15) is 0 Å². The van der Waals surface area contributed by atoms with E-state index in [1.807, 2.05) is 133 Å². The standard InChI is InChI=1S/C32H25N6P.C12H11N/c1-5-13-25(14-6-1)37(26-15-7-2-8-16-26)29-21-33-23-31(35-29)39-32-24-34-22-30(36-32)38(27-17-9-3-10-18-27)28-19-11-4-12-20-28;1-3-7-11(8-4-1)13-12-9-5-2-6-10-12/h1-24,39H;1-10,13H. The number of nitrogens with zero attached hydrogens (tertiary/aromatic N) is 6. The van der Waals surface area contributed by atoms with Gasteiger partial charge in [0.1, 0.15) is 0 Å². The molecule has 1 N–H and O–H groups in total. The van der Waals surface area contributed by atoms with Gasteiger partial charge in [-0.3, -0.25) is 19.8 Å². The Kier molecular flexibility index (Phi) is 11.2. The van der Waals surface area contributed by atoms with E-state index in [2.05, 4.69) is 73.6 Å². The van der Waals surface area contributed by atoms with E-state index in [1.165, 1.54) is 0 Å². The van der Waals surface area contributed by atoms with Crippen LogP contribution in [-0.2, 0) is 0 Å². The molecule has 0 radical (unpaired) electrons. The highest BCUT2D eigenvalue weighted by Crippen LogP contribution is 2.34. The van der Waals surface area contributed by atoms with E-state index in [0.29, 0.717) is 0 Å². The smallest absolute Gasteiger partial charge is 0.156 e. The number of para-hydroxylation sites is 6. The molecule has 0 unspecified atom stereocenters. The summed E-state index contributed by atoms with van der Waals surface area (Å²) < 4.78 is 0. The van der Waals surface area contributed by atoms with Gasteiger partial charge in [-0.15, -0.1) is 0 Å². The minimum absolute atomic E-state index is 0.185. The third kappa shape index (κ3) is 8.90. The van der Waals surface area contributed by atoms with Gasteiger partial charge in [-0.05, 0) is 81.4 Å². The first-order valence-electron chi connectivity index (χ1n) is 16.9. The number of nitrogens with one attached hydrogen (secondary N) is 1. The fourth-order valence-corrected chi connectivity index (χ4v) is 6.41. The largest absolute Gasteiger partial charge is 0.356 e. The van der Waals surface area contributed by atoms with Crippen LogP contribution < -0.4 is 26.0 Å². The highest BCUT2D eigenvalue weighted by atomic mass is 31.1. The van der Waals surface area contributed by atoms with E-state index in [0.717, 1.165) is 56.6 Å². The zero-order valence-electron chi connectivity index (χ0n) is 28.3. The van der Waals surface area contributed by atoms with Crippen molar-refractivity contribution >= 4 is 65.2 Å². The van der Waals surface area contributed by atoms with Gasteiger partial charge in [0.15, 0.2) is 11.6 Å². The molecule has 0 saturated heterocycles. The first-order valence-corrected chi connectivity index (χ1v) is 17.9. The van der Waals surface area contributed by atoms with Gasteiger partial charge >= 0.3 is 0 Å². The summed E-state index contributed by atoms with van der Waals surface area (Å²) in [5.41, 5.74) is 7.97. The van der Waals surface area contributed by atoms with E-state index in [1.54, 1.807) is 24.8 Å². The van der Waals surface area contributed by atoms with Crippen LogP contribution in [0.2, 0.25) is 0 Å². The summed E-state index contributed by atoms with van der Waals surface area (Å²) in [6.45, 7) is 0. The second-order valence-corrected chi connectivity index (χ2v) is 12.8. The van der Waals surface area contributed by atoms with Gasteiger partial charge in [-0.2, -0.15) is 0 Å². The minimum Gasteiger partial charge on any atom is -0.356 e. The predicted octanol–water partition coefficient (Wildman–Crippen LogP) is 10.3. The Morgan fingerprint density at radius 2 is 0.635 bits per heavy atom. The molecule has 0 atom stereocenters. The third-order valence-corrected chi connectivity index (χ3v) is 8.85. The van der Waals surface area contributed by atoms with Gasteiger partial charge in [-0.1, -0.05) is 109 Å². The predicted molar refractivity (Wildman–Crippen MR) is 217 cm³/mol. The van der Waals surface area contributed by atoms with Gasteiger partial charge in [0.2, 0.25) is 0 Å². The van der Waals surface area contributed by atoms with Crippen LogP contribution in [0.25, 0.3) is 0 Å². The van der Waals surface area contributed by atoms with Crippen LogP contribution in [0.15, 0.2) is 207 Å². The average Bonchev–Trinajstić information content (AvgIpc) is 3.21. The lowest BCUT2D eigenvalue weighted by Crippen LogP contribution is -2.19. The summed E-state index contributed by atoms with van der Waals surface area (Å²) in [7, 11) is 0.185. The molecule has 0 spiro atoms. The van der Waals surface area contributed by atoms with Crippen LogP contribution in [0, 0.1) is 0 Å². The van der Waals surface area contributed by atoms with E-state index >= 15 is 0 Å². The van der Waals surface area contributed by atoms with Crippen molar-refractivity contribution in [1.82, 2.24) is 19.9 Å². The van der Waals surface area contributed by atoms with Crippen molar-refractivity contribution in [3.63, 3.8) is 0 Å². The average molecular weight is 694 g/mol. The number of aromatic nitrogens is 4. The quantitative estimate of drug-likeness (QED) is 0.143. The Morgan fingerprint density at radius 3 is 0.942 bits per heavy atom. The second-order valence-electron chi connectivity index (χ2n) is 11.5. The zero-order valence-corrected chi connectivity index (χ0v) is 29.3. The summed E-state index contributed by atoms with van der Waals surface area (Å²) in [4.78, 5) is 23.3. The van der Waals surface area contributed by atoms with Crippen molar-refractivity contribution in [3.05, 3.63) is 207 Å². The molecule has 0 saturated carbocycles. The van der Waals surface area contributed by atoms with Gasteiger partial charge in [0.05, 0.1) is 35.7 Å². The molecule has 52 heavy (non-hydrogen) atoms. The molecule has 8 aromatic rings. The lowest BCUT2D eigenvalue weighted by atomic mass is 10.2. The van der Waals surface area contributed by atoms with Crippen LogP contribution in [0.3, 0.4) is 0 Å². The maximum atomic E-state index is 5.01. The first-order chi connectivity index (χ1) is 25.8. The van der Waals surface area contributed by atoms with E-state index in [4.69, 9.17) is 9.97 Å². The van der Waals surface area contributed by atoms with Crippen molar-refractivity contribution in [2.24, 2.45) is 0 Å². The number of anilines is 8. The first kappa shape index (κ1) is 33.8. The molecule has 2 heterocycles. The minimum atomic E-state index is 0.185. The molecular weight excluding hydrogens is 658 g/mol. The maximum absolute atomic E-state index is 5.01. The number of hydrogen-bond acceptors (Lipinski definition) is 7. The fraction of sp³-hybridized carbons (Fsp3) is 0. The summed E-state index contributed by atoms with van der Waals surface area (Å²) >= 11 is 0. The van der Waals surface area contributed by atoms with E-state index in [9.17, 15) is 0 Å². The molecule has 7 nitrogen and oxygen atoms in total. The fourth-order valence-electron chi connectivity index (χ4n) is 5.52. The Bertz CT molecular complexity index is 2000. The van der Waals surface area contributed by atoms with Gasteiger partial charge in [0.25, 0.3) is 0 Å². The van der Waals surface area contributed by atoms with Crippen molar-refractivity contribution in [2.45, 2.75) is 0 Å². The zero-order chi connectivity index (χ0) is 35.2. The van der Waals surface area contributed by atoms with Crippen LogP contribution >= 0.6 is 8.58 Å². The highest BCUT2D eigenvalue weighted by Gasteiger charge is 2.17. The van der Waals surface area contributed by atoms with Crippen LogP contribution in [0.4, 0.5) is 45.8 Å². The summed E-state index contributed by atoms with van der Waals surface area (Å²) in [6, 6.07) is 61.1. The Hall–Kier alpha value is -6.69. The van der Waals surface area contributed by atoms with Crippen molar-refractivity contribution < 1.29 is 0 Å². The molecule has 0 aliphatic heterocycles. The molecule has 0 bridgehead atoms. The van der Waals surface area contributed by atoms with Crippen molar-refractivity contribution in [2.75, 3.05) is 15.1 Å². The lowest BCUT2D eigenvalue weighted by molar-refractivity contribution is 1.14. The molecule has 0 aliphatic carbocycles. The monoisotopic (exact) mass is 693 g/mol. The summed E-state index contributed by atoms with van der Waals surface area (Å²) in [5, 5.41) is 3.30. The van der Waals surface area contributed by atoms with E-state index < -0.39 is 0 Å².